The maximum Gasteiger partial charge on any atom is 0.287 e. The Morgan fingerprint density at radius 2 is 2.05 bits per heavy atom. The lowest BCUT2D eigenvalue weighted by Gasteiger charge is -2.17. The molecule has 0 aliphatic heterocycles. The lowest BCUT2D eigenvalue weighted by molar-refractivity contribution is -0.385. The van der Waals surface area contributed by atoms with Gasteiger partial charge in [-0.25, -0.2) is 4.98 Å². The van der Waals surface area contributed by atoms with Crippen LogP contribution in [0.2, 0.25) is 0 Å². The lowest BCUT2D eigenvalue weighted by Crippen LogP contribution is -2.25. The fraction of sp³-hybridized carbons (Fsp3) is 0.267. The summed E-state index contributed by atoms with van der Waals surface area (Å²) in [6.07, 6.45) is 1.27. The standard InChI is InChI=1S/C15H18N4O2/c1-11-8-14(19(20)21)10-17-15(11)16-9-12(2)18-13-6-4-3-5-7-13/h3-8,10,12,18H,9H2,1-2H3,(H,16,17). The number of aryl methyl sites for hydroxylation is 1. The summed E-state index contributed by atoms with van der Waals surface area (Å²) in [7, 11) is 0. The number of para-hydroxylation sites is 1. The molecule has 0 aliphatic carbocycles. The number of nitrogens with zero attached hydrogens (tertiary/aromatic N) is 2. The first-order valence-corrected chi connectivity index (χ1v) is 6.73. The normalized spacial score (nSPS) is 11.7. The van der Waals surface area contributed by atoms with Crippen LogP contribution in [0.25, 0.3) is 0 Å². The van der Waals surface area contributed by atoms with Crippen LogP contribution in [0.4, 0.5) is 17.2 Å². The lowest BCUT2D eigenvalue weighted by atomic mass is 10.2. The van der Waals surface area contributed by atoms with E-state index < -0.39 is 4.92 Å². The molecule has 0 saturated heterocycles. The molecule has 110 valence electrons. The van der Waals surface area contributed by atoms with Gasteiger partial charge in [0.15, 0.2) is 0 Å². The van der Waals surface area contributed by atoms with Crippen molar-refractivity contribution in [3.63, 3.8) is 0 Å². The number of nitro groups is 1. The minimum absolute atomic E-state index is 0.00788. The average Bonchev–Trinajstić information content (AvgIpc) is 2.47. The van der Waals surface area contributed by atoms with Gasteiger partial charge in [0.2, 0.25) is 0 Å². The van der Waals surface area contributed by atoms with Crippen molar-refractivity contribution in [2.24, 2.45) is 0 Å². The summed E-state index contributed by atoms with van der Waals surface area (Å²) in [6, 6.07) is 11.7. The Balaban J connectivity index is 1.92. The predicted octanol–water partition coefficient (Wildman–Crippen LogP) is 3.21. The third-order valence-electron chi connectivity index (χ3n) is 3.04. The van der Waals surface area contributed by atoms with Gasteiger partial charge in [0.1, 0.15) is 12.0 Å². The fourth-order valence-electron chi connectivity index (χ4n) is 1.96. The van der Waals surface area contributed by atoms with Gasteiger partial charge in [-0.15, -0.1) is 0 Å². The van der Waals surface area contributed by atoms with Crippen molar-refractivity contribution in [2.75, 3.05) is 17.2 Å². The highest BCUT2D eigenvalue weighted by molar-refractivity contribution is 5.49. The second-order valence-electron chi connectivity index (χ2n) is 4.91. The Kier molecular flexibility index (Phi) is 4.71. The first kappa shape index (κ1) is 14.8. The number of nitrogens with one attached hydrogen (secondary N) is 2. The Labute approximate surface area is 123 Å². The zero-order chi connectivity index (χ0) is 15.2. The minimum Gasteiger partial charge on any atom is -0.381 e. The Morgan fingerprint density at radius 3 is 2.67 bits per heavy atom. The number of hydrogen-bond donors (Lipinski definition) is 2. The molecule has 6 nitrogen and oxygen atoms in total. The highest BCUT2D eigenvalue weighted by atomic mass is 16.6. The summed E-state index contributed by atoms with van der Waals surface area (Å²) >= 11 is 0. The largest absolute Gasteiger partial charge is 0.381 e. The fourth-order valence-corrected chi connectivity index (χ4v) is 1.96. The molecule has 0 saturated carbocycles. The second-order valence-corrected chi connectivity index (χ2v) is 4.91. The van der Waals surface area contributed by atoms with Crippen LogP contribution in [-0.4, -0.2) is 22.5 Å². The molecule has 1 heterocycles. The molecule has 0 aliphatic rings. The monoisotopic (exact) mass is 286 g/mol. The highest BCUT2D eigenvalue weighted by Gasteiger charge is 2.10. The molecule has 21 heavy (non-hydrogen) atoms. The van der Waals surface area contributed by atoms with Crippen molar-refractivity contribution in [1.29, 1.82) is 0 Å². The molecule has 2 rings (SSSR count). The SMILES string of the molecule is Cc1cc([N+](=O)[O-])cnc1NCC(C)Nc1ccccc1. The van der Waals surface area contributed by atoms with Crippen LogP contribution in [0.3, 0.4) is 0 Å². The number of pyridine rings is 1. The summed E-state index contributed by atoms with van der Waals surface area (Å²) in [6.45, 7) is 4.53. The molecule has 2 aromatic rings. The average molecular weight is 286 g/mol. The van der Waals surface area contributed by atoms with Crippen molar-refractivity contribution in [1.82, 2.24) is 4.98 Å². The van der Waals surface area contributed by atoms with Crippen molar-refractivity contribution in [3.8, 4) is 0 Å². The molecule has 0 spiro atoms. The van der Waals surface area contributed by atoms with Crippen LogP contribution in [0.1, 0.15) is 12.5 Å². The van der Waals surface area contributed by atoms with Crippen molar-refractivity contribution in [3.05, 3.63) is 58.3 Å². The van der Waals surface area contributed by atoms with Crippen molar-refractivity contribution < 1.29 is 4.92 Å². The van der Waals surface area contributed by atoms with E-state index in [0.29, 0.717) is 12.4 Å². The first-order chi connectivity index (χ1) is 10.1. The third-order valence-corrected chi connectivity index (χ3v) is 3.04. The maximum absolute atomic E-state index is 10.7. The van der Waals surface area contributed by atoms with Crippen LogP contribution in [0, 0.1) is 17.0 Å². The zero-order valence-electron chi connectivity index (χ0n) is 12.0. The molecule has 1 aromatic heterocycles. The summed E-state index contributed by atoms with van der Waals surface area (Å²) < 4.78 is 0. The molecule has 0 amide bonds. The highest BCUT2D eigenvalue weighted by Crippen LogP contribution is 2.18. The van der Waals surface area contributed by atoms with Gasteiger partial charge in [-0.1, -0.05) is 18.2 Å². The van der Waals surface area contributed by atoms with E-state index in [0.717, 1.165) is 11.3 Å². The molecule has 1 aromatic carbocycles. The van der Waals surface area contributed by atoms with Crippen LogP contribution >= 0.6 is 0 Å². The molecule has 0 fully saturated rings. The van der Waals surface area contributed by atoms with E-state index in [1.165, 1.54) is 12.3 Å². The van der Waals surface area contributed by atoms with Crippen molar-refractivity contribution in [2.45, 2.75) is 19.9 Å². The smallest absolute Gasteiger partial charge is 0.287 e. The van der Waals surface area contributed by atoms with Crippen LogP contribution in [0.15, 0.2) is 42.6 Å². The van der Waals surface area contributed by atoms with E-state index in [2.05, 4.69) is 22.5 Å². The van der Waals surface area contributed by atoms with Crippen LogP contribution in [0.5, 0.6) is 0 Å². The van der Waals surface area contributed by atoms with Gasteiger partial charge in [-0.3, -0.25) is 10.1 Å². The van der Waals surface area contributed by atoms with Crippen molar-refractivity contribution >= 4 is 17.2 Å². The zero-order valence-corrected chi connectivity index (χ0v) is 12.0. The molecule has 2 N–H and O–H groups in total. The van der Waals surface area contributed by atoms with E-state index in [4.69, 9.17) is 0 Å². The molecule has 1 atom stereocenters. The predicted molar refractivity (Wildman–Crippen MR) is 83.6 cm³/mol. The quantitative estimate of drug-likeness (QED) is 0.629. The van der Waals surface area contributed by atoms with E-state index in [-0.39, 0.29) is 11.7 Å². The molecule has 1 unspecified atom stereocenters. The minimum atomic E-state index is -0.441. The van der Waals surface area contributed by atoms with E-state index in [1.807, 2.05) is 30.3 Å². The molecular weight excluding hydrogens is 268 g/mol. The number of aromatic nitrogens is 1. The van der Waals surface area contributed by atoms with Gasteiger partial charge in [0.25, 0.3) is 5.69 Å². The number of rotatable bonds is 6. The van der Waals surface area contributed by atoms with Gasteiger partial charge in [0.05, 0.1) is 4.92 Å². The molecule has 0 bridgehead atoms. The van der Waals surface area contributed by atoms with Gasteiger partial charge in [0, 0.05) is 24.3 Å². The molecule has 0 radical (unpaired) electrons. The molecular formula is C15H18N4O2. The van der Waals surface area contributed by atoms with Gasteiger partial charge in [-0.2, -0.15) is 0 Å². The van der Waals surface area contributed by atoms with Crippen LogP contribution < -0.4 is 10.6 Å². The summed E-state index contributed by atoms with van der Waals surface area (Å²) in [5, 5.41) is 17.2. The van der Waals surface area contributed by atoms with Gasteiger partial charge >= 0.3 is 0 Å². The Morgan fingerprint density at radius 1 is 1.33 bits per heavy atom. The Bertz CT molecular complexity index is 616. The first-order valence-electron chi connectivity index (χ1n) is 6.73. The summed E-state index contributed by atoms with van der Waals surface area (Å²) in [5.74, 6) is 0.669. The van der Waals surface area contributed by atoms with E-state index >= 15 is 0 Å². The molecule has 6 heteroatoms. The van der Waals surface area contributed by atoms with E-state index in [1.54, 1.807) is 6.92 Å². The number of anilines is 2. The van der Waals surface area contributed by atoms with Gasteiger partial charge in [-0.05, 0) is 31.5 Å². The topological polar surface area (TPSA) is 80.1 Å². The summed E-state index contributed by atoms with van der Waals surface area (Å²) in [5.41, 5.74) is 1.82. The number of benzene rings is 1. The van der Waals surface area contributed by atoms with Gasteiger partial charge < -0.3 is 10.6 Å². The third kappa shape index (κ3) is 4.17. The maximum atomic E-state index is 10.7. The second kappa shape index (κ2) is 6.69. The summed E-state index contributed by atoms with van der Waals surface area (Å²) in [4.78, 5) is 14.3. The Hall–Kier alpha value is -2.63. The van der Waals surface area contributed by atoms with Crippen LogP contribution in [-0.2, 0) is 0 Å². The van der Waals surface area contributed by atoms with E-state index in [9.17, 15) is 10.1 Å². The number of hydrogen-bond acceptors (Lipinski definition) is 5.